The van der Waals surface area contributed by atoms with Crippen LogP contribution in [-0.2, 0) is 13.0 Å². The van der Waals surface area contributed by atoms with Crippen LogP contribution in [0.4, 0.5) is 5.69 Å². The molecule has 2 aromatic heterocycles. The highest BCUT2D eigenvalue weighted by Crippen LogP contribution is 2.28. The molecule has 106 valence electrons. The largest absolute Gasteiger partial charge is 0.380 e. The molecular formula is C15H14BrN5. The van der Waals surface area contributed by atoms with E-state index in [-0.39, 0.29) is 0 Å². The fraction of sp³-hybridized carbons (Fsp3) is 0.267. The summed E-state index contributed by atoms with van der Waals surface area (Å²) in [4.78, 5) is 8.72. The van der Waals surface area contributed by atoms with Gasteiger partial charge in [0.2, 0.25) is 0 Å². The van der Waals surface area contributed by atoms with E-state index in [2.05, 4.69) is 42.4 Å². The number of hydrogen-bond donors (Lipinski definition) is 1. The summed E-state index contributed by atoms with van der Waals surface area (Å²) < 4.78 is 3.01. The highest BCUT2D eigenvalue weighted by atomic mass is 79.9. The van der Waals surface area contributed by atoms with Gasteiger partial charge in [-0.2, -0.15) is 5.10 Å². The van der Waals surface area contributed by atoms with E-state index in [0.29, 0.717) is 6.04 Å². The number of nitrogens with zero attached hydrogens (tertiary/aromatic N) is 4. The third-order valence-corrected chi connectivity index (χ3v) is 4.53. The maximum Gasteiger partial charge on any atom is 0.138 e. The molecule has 0 saturated heterocycles. The minimum atomic E-state index is 0.365. The zero-order chi connectivity index (χ0) is 14.2. The lowest BCUT2D eigenvalue weighted by Crippen LogP contribution is -2.32. The first-order chi connectivity index (χ1) is 10.3. The predicted molar refractivity (Wildman–Crippen MR) is 85.2 cm³/mol. The maximum absolute atomic E-state index is 4.45. The number of rotatable bonds is 2. The van der Waals surface area contributed by atoms with Crippen molar-refractivity contribution in [2.75, 3.05) is 5.32 Å². The molecule has 0 fully saturated rings. The molecule has 1 atom stereocenters. The molecule has 6 heteroatoms. The van der Waals surface area contributed by atoms with Gasteiger partial charge < -0.3 is 5.32 Å². The van der Waals surface area contributed by atoms with E-state index in [4.69, 9.17) is 0 Å². The number of benzene rings is 1. The molecule has 0 radical (unpaired) electrons. The molecule has 1 aliphatic heterocycles. The van der Waals surface area contributed by atoms with E-state index in [0.717, 1.165) is 46.3 Å². The zero-order valence-corrected chi connectivity index (χ0v) is 12.9. The average Bonchev–Trinajstić information content (AvgIpc) is 2.96. The summed E-state index contributed by atoms with van der Waals surface area (Å²) >= 11 is 3.56. The molecule has 0 saturated carbocycles. The van der Waals surface area contributed by atoms with Crippen LogP contribution in [0.3, 0.4) is 0 Å². The predicted octanol–water partition coefficient (Wildman–Crippen LogP) is 3.02. The Morgan fingerprint density at radius 2 is 2.19 bits per heavy atom. The van der Waals surface area contributed by atoms with Crippen LogP contribution in [0.2, 0.25) is 0 Å². The smallest absolute Gasteiger partial charge is 0.138 e. The van der Waals surface area contributed by atoms with Crippen LogP contribution in [-0.4, -0.2) is 25.8 Å². The van der Waals surface area contributed by atoms with Crippen molar-refractivity contribution in [2.45, 2.75) is 25.4 Å². The number of nitrogens with one attached hydrogen (secondary N) is 1. The van der Waals surface area contributed by atoms with Crippen LogP contribution in [0, 0.1) is 0 Å². The van der Waals surface area contributed by atoms with Gasteiger partial charge in [0, 0.05) is 34.2 Å². The third kappa shape index (κ3) is 2.29. The highest BCUT2D eigenvalue weighted by molar-refractivity contribution is 9.10. The first-order valence-electron chi connectivity index (χ1n) is 6.98. The second-order valence-electron chi connectivity index (χ2n) is 5.23. The maximum atomic E-state index is 4.45. The van der Waals surface area contributed by atoms with Crippen LogP contribution < -0.4 is 5.32 Å². The highest BCUT2D eigenvalue weighted by Gasteiger charge is 2.20. The Bertz CT molecular complexity index is 798. The van der Waals surface area contributed by atoms with Gasteiger partial charge in [0.25, 0.3) is 0 Å². The molecule has 1 aliphatic rings. The van der Waals surface area contributed by atoms with Crippen molar-refractivity contribution >= 4 is 32.5 Å². The van der Waals surface area contributed by atoms with Gasteiger partial charge in [-0.15, -0.1) is 0 Å². The van der Waals surface area contributed by atoms with Crippen molar-refractivity contribution in [3.05, 3.63) is 47.1 Å². The Kier molecular flexibility index (Phi) is 3.11. The van der Waals surface area contributed by atoms with E-state index in [1.54, 1.807) is 6.33 Å². The molecule has 0 aliphatic carbocycles. The van der Waals surface area contributed by atoms with Gasteiger partial charge in [-0.1, -0.05) is 12.1 Å². The lowest BCUT2D eigenvalue weighted by molar-refractivity contribution is 0.442. The first kappa shape index (κ1) is 12.8. The minimum Gasteiger partial charge on any atom is -0.380 e. The van der Waals surface area contributed by atoms with E-state index >= 15 is 0 Å². The van der Waals surface area contributed by atoms with E-state index in [1.165, 1.54) is 0 Å². The summed E-state index contributed by atoms with van der Waals surface area (Å²) in [5.41, 5.74) is 2.11. The monoisotopic (exact) mass is 343 g/mol. The van der Waals surface area contributed by atoms with Gasteiger partial charge in [0.1, 0.15) is 12.2 Å². The Hall–Kier alpha value is -1.95. The normalized spacial score (nSPS) is 17.7. The number of aromatic nitrogens is 4. The van der Waals surface area contributed by atoms with E-state index < -0.39 is 0 Å². The van der Waals surface area contributed by atoms with Gasteiger partial charge in [-0.05, 0) is 34.5 Å². The molecule has 1 aromatic carbocycles. The quantitative estimate of drug-likeness (QED) is 0.777. The third-order valence-electron chi connectivity index (χ3n) is 3.89. The van der Waals surface area contributed by atoms with Crippen LogP contribution in [0.1, 0.15) is 12.2 Å². The molecule has 4 rings (SSSR count). The van der Waals surface area contributed by atoms with Crippen molar-refractivity contribution in [2.24, 2.45) is 0 Å². The Morgan fingerprint density at radius 1 is 1.24 bits per heavy atom. The first-order valence-corrected chi connectivity index (χ1v) is 7.77. The van der Waals surface area contributed by atoms with E-state index in [9.17, 15) is 0 Å². The fourth-order valence-electron chi connectivity index (χ4n) is 2.84. The summed E-state index contributed by atoms with van der Waals surface area (Å²) in [7, 11) is 0. The topological polar surface area (TPSA) is 55.6 Å². The van der Waals surface area contributed by atoms with Gasteiger partial charge >= 0.3 is 0 Å². The summed E-state index contributed by atoms with van der Waals surface area (Å²) in [6.07, 6.45) is 5.51. The van der Waals surface area contributed by atoms with Gasteiger partial charge in [-0.3, -0.25) is 4.98 Å². The number of pyridine rings is 1. The summed E-state index contributed by atoms with van der Waals surface area (Å²) in [5, 5.41) is 9.04. The second kappa shape index (κ2) is 5.11. The molecular weight excluding hydrogens is 330 g/mol. The van der Waals surface area contributed by atoms with Crippen LogP contribution in [0.5, 0.6) is 0 Å². The minimum absolute atomic E-state index is 0.365. The Labute approximate surface area is 130 Å². The number of fused-ring (bicyclic) bond motifs is 2. The summed E-state index contributed by atoms with van der Waals surface area (Å²) in [6, 6.07) is 8.55. The number of anilines is 1. The van der Waals surface area contributed by atoms with Crippen LogP contribution in [0.25, 0.3) is 10.9 Å². The van der Waals surface area contributed by atoms with Crippen LogP contribution >= 0.6 is 15.9 Å². The molecule has 1 unspecified atom stereocenters. The van der Waals surface area contributed by atoms with Crippen molar-refractivity contribution < 1.29 is 0 Å². The molecule has 0 spiro atoms. The SMILES string of the molecule is Brc1cccc2c(NC3CCc4ncnn4C3)ccnc12. The Morgan fingerprint density at radius 3 is 3.14 bits per heavy atom. The molecule has 0 amide bonds. The lowest BCUT2D eigenvalue weighted by atomic mass is 10.1. The second-order valence-corrected chi connectivity index (χ2v) is 6.09. The molecule has 0 bridgehead atoms. The number of hydrogen-bond acceptors (Lipinski definition) is 4. The van der Waals surface area contributed by atoms with Gasteiger partial charge in [-0.25, -0.2) is 9.67 Å². The molecule has 3 heterocycles. The van der Waals surface area contributed by atoms with Gasteiger partial charge in [0.15, 0.2) is 0 Å². The molecule has 5 nitrogen and oxygen atoms in total. The molecule has 3 aromatic rings. The zero-order valence-electron chi connectivity index (χ0n) is 11.3. The molecule has 21 heavy (non-hydrogen) atoms. The van der Waals surface area contributed by atoms with Crippen molar-refractivity contribution in [1.29, 1.82) is 0 Å². The number of aryl methyl sites for hydroxylation is 1. The summed E-state index contributed by atoms with van der Waals surface area (Å²) in [5.74, 6) is 1.08. The van der Waals surface area contributed by atoms with Crippen LogP contribution in [0.15, 0.2) is 41.3 Å². The van der Waals surface area contributed by atoms with Crippen molar-refractivity contribution in [3.8, 4) is 0 Å². The van der Waals surface area contributed by atoms with Gasteiger partial charge in [0.05, 0.1) is 12.1 Å². The summed E-state index contributed by atoms with van der Waals surface area (Å²) in [6.45, 7) is 0.854. The van der Waals surface area contributed by atoms with Crippen molar-refractivity contribution in [1.82, 2.24) is 19.7 Å². The average molecular weight is 344 g/mol. The standard InChI is InChI=1S/C15H14BrN5/c16-12-3-1-2-11-13(6-7-17-15(11)12)20-10-4-5-14-18-9-19-21(14)8-10/h1-3,6-7,9-10H,4-5,8H2,(H,17,20). The van der Waals surface area contributed by atoms with Crippen molar-refractivity contribution in [3.63, 3.8) is 0 Å². The number of halogens is 1. The molecule has 1 N–H and O–H groups in total. The lowest BCUT2D eigenvalue weighted by Gasteiger charge is -2.25. The number of para-hydroxylation sites is 1. The Balaban J connectivity index is 1.65. The van der Waals surface area contributed by atoms with E-state index in [1.807, 2.05) is 29.1 Å². The fourth-order valence-corrected chi connectivity index (χ4v) is 3.31.